The molecule has 0 atom stereocenters. The number of benzene rings is 1. The van der Waals surface area contributed by atoms with Gasteiger partial charge in [-0.25, -0.2) is 0 Å². The highest BCUT2D eigenvalue weighted by atomic mass is 16.7. The van der Waals surface area contributed by atoms with Crippen LogP contribution in [0.4, 0.5) is 0 Å². The first kappa shape index (κ1) is 13.0. The molecule has 3 rings (SSSR count). The van der Waals surface area contributed by atoms with Crippen LogP contribution in [0.1, 0.15) is 45.2 Å². The second kappa shape index (κ2) is 4.22. The Kier molecular flexibility index (Phi) is 2.88. The number of hydrogen-bond acceptors (Lipinski definition) is 2. The predicted octanol–water partition coefficient (Wildman–Crippen LogP) is 3.65. The molecule has 1 aromatic carbocycles. The van der Waals surface area contributed by atoms with Crippen molar-refractivity contribution in [2.45, 2.75) is 51.7 Å². The van der Waals surface area contributed by atoms with Crippen molar-refractivity contribution in [3.05, 3.63) is 41.4 Å². The van der Waals surface area contributed by atoms with Crippen molar-refractivity contribution in [1.29, 1.82) is 0 Å². The molecular formula is C16H21BO2. The van der Waals surface area contributed by atoms with Gasteiger partial charge in [0.25, 0.3) is 0 Å². The van der Waals surface area contributed by atoms with Crippen LogP contribution in [0, 0.1) is 0 Å². The summed E-state index contributed by atoms with van der Waals surface area (Å²) in [6, 6.07) is 8.61. The quantitative estimate of drug-likeness (QED) is 0.714. The minimum Gasteiger partial charge on any atom is -0.400 e. The minimum atomic E-state index is -0.257. The van der Waals surface area contributed by atoms with E-state index in [1.807, 2.05) is 0 Å². The number of hydrogen-bond donors (Lipinski definition) is 0. The van der Waals surface area contributed by atoms with Crippen molar-refractivity contribution >= 4 is 12.7 Å². The van der Waals surface area contributed by atoms with Crippen molar-refractivity contribution in [2.24, 2.45) is 0 Å². The van der Waals surface area contributed by atoms with Crippen LogP contribution in [-0.4, -0.2) is 18.3 Å². The maximum absolute atomic E-state index is 6.04. The SMILES string of the molecule is CC1(C)OB(/C=C2/CCc3ccccc32)OC1(C)C. The van der Waals surface area contributed by atoms with E-state index in [4.69, 9.17) is 9.31 Å². The zero-order chi connectivity index (χ0) is 13.7. The lowest BCUT2D eigenvalue weighted by atomic mass is 9.85. The molecule has 100 valence electrons. The first-order chi connectivity index (χ1) is 8.89. The summed E-state index contributed by atoms with van der Waals surface area (Å²) >= 11 is 0. The Morgan fingerprint density at radius 2 is 1.63 bits per heavy atom. The summed E-state index contributed by atoms with van der Waals surface area (Å²) < 4.78 is 12.1. The van der Waals surface area contributed by atoms with E-state index in [2.05, 4.69) is 57.9 Å². The molecule has 1 aliphatic carbocycles. The van der Waals surface area contributed by atoms with Crippen LogP contribution in [0.2, 0.25) is 0 Å². The Balaban J connectivity index is 1.86. The van der Waals surface area contributed by atoms with Crippen LogP contribution < -0.4 is 0 Å². The van der Waals surface area contributed by atoms with Gasteiger partial charge in [-0.05, 0) is 57.2 Å². The molecule has 2 nitrogen and oxygen atoms in total. The van der Waals surface area contributed by atoms with Gasteiger partial charge < -0.3 is 9.31 Å². The average molecular weight is 256 g/mol. The van der Waals surface area contributed by atoms with Crippen LogP contribution >= 0.6 is 0 Å². The van der Waals surface area contributed by atoms with Gasteiger partial charge in [-0.1, -0.05) is 30.2 Å². The van der Waals surface area contributed by atoms with Gasteiger partial charge in [0.2, 0.25) is 0 Å². The van der Waals surface area contributed by atoms with Crippen molar-refractivity contribution < 1.29 is 9.31 Å². The lowest BCUT2D eigenvalue weighted by Gasteiger charge is -2.32. The van der Waals surface area contributed by atoms with Gasteiger partial charge in [-0.3, -0.25) is 0 Å². The largest absolute Gasteiger partial charge is 0.487 e. The Labute approximate surface area is 115 Å². The van der Waals surface area contributed by atoms with E-state index in [1.165, 1.54) is 16.7 Å². The van der Waals surface area contributed by atoms with E-state index < -0.39 is 0 Å². The first-order valence-electron chi connectivity index (χ1n) is 7.04. The van der Waals surface area contributed by atoms with Gasteiger partial charge in [0.15, 0.2) is 0 Å². The highest BCUT2D eigenvalue weighted by Gasteiger charge is 2.50. The minimum absolute atomic E-state index is 0.230. The number of aryl methyl sites for hydroxylation is 1. The van der Waals surface area contributed by atoms with Crippen molar-refractivity contribution in [3.63, 3.8) is 0 Å². The molecule has 1 aromatic rings. The highest BCUT2D eigenvalue weighted by Crippen LogP contribution is 2.39. The summed E-state index contributed by atoms with van der Waals surface area (Å²) in [5.41, 5.74) is 3.64. The topological polar surface area (TPSA) is 18.5 Å². The monoisotopic (exact) mass is 256 g/mol. The van der Waals surface area contributed by atoms with Crippen molar-refractivity contribution in [3.8, 4) is 0 Å². The smallest absolute Gasteiger partial charge is 0.400 e. The van der Waals surface area contributed by atoms with Gasteiger partial charge in [-0.2, -0.15) is 0 Å². The molecule has 1 fully saturated rings. The lowest BCUT2D eigenvalue weighted by molar-refractivity contribution is 0.00578. The highest BCUT2D eigenvalue weighted by molar-refractivity contribution is 6.53. The summed E-state index contributed by atoms with van der Waals surface area (Å²) in [7, 11) is -0.230. The summed E-state index contributed by atoms with van der Waals surface area (Å²) in [5, 5.41) is 0. The summed E-state index contributed by atoms with van der Waals surface area (Å²) in [6.45, 7) is 8.37. The van der Waals surface area contributed by atoms with Crippen LogP contribution in [0.3, 0.4) is 0 Å². The molecule has 0 bridgehead atoms. The molecule has 1 saturated heterocycles. The molecule has 2 aliphatic rings. The molecular weight excluding hydrogens is 235 g/mol. The fourth-order valence-corrected chi connectivity index (χ4v) is 2.75. The van der Waals surface area contributed by atoms with Gasteiger partial charge in [0, 0.05) is 0 Å². The van der Waals surface area contributed by atoms with Crippen LogP contribution in [-0.2, 0) is 15.7 Å². The maximum atomic E-state index is 6.04. The van der Waals surface area contributed by atoms with Crippen LogP contribution in [0.15, 0.2) is 30.2 Å². The van der Waals surface area contributed by atoms with Gasteiger partial charge in [0.1, 0.15) is 0 Å². The second-order valence-electron chi connectivity index (χ2n) is 6.47. The van der Waals surface area contributed by atoms with E-state index in [0.717, 1.165) is 12.8 Å². The molecule has 1 heterocycles. The number of fused-ring (bicyclic) bond motifs is 1. The standard InChI is InChI=1S/C16H21BO2/c1-15(2)16(3,4)19-17(18-15)11-13-10-9-12-7-5-6-8-14(12)13/h5-8,11H,9-10H2,1-4H3/b13-11-. The molecule has 0 saturated carbocycles. The molecule has 0 aromatic heterocycles. The summed E-state index contributed by atoms with van der Waals surface area (Å²) in [5.74, 6) is 2.16. The second-order valence-corrected chi connectivity index (χ2v) is 6.47. The van der Waals surface area contributed by atoms with Crippen LogP contribution in [0.5, 0.6) is 0 Å². The molecule has 0 unspecified atom stereocenters. The fraction of sp³-hybridized carbons (Fsp3) is 0.500. The fourth-order valence-electron chi connectivity index (χ4n) is 2.75. The molecule has 0 N–H and O–H groups in total. The summed E-state index contributed by atoms with van der Waals surface area (Å²) in [6.07, 6.45) is 2.21. The third-order valence-electron chi connectivity index (χ3n) is 4.64. The Hall–Kier alpha value is -1.06. The molecule has 1 aliphatic heterocycles. The number of rotatable bonds is 1. The zero-order valence-corrected chi connectivity index (χ0v) is 12.2. The molecule has 3 heteroatoms. The van der Waals surface area contributed by atoms with E-state index in [0.29, 0.717) is 0 Å². The van der Waals surface area contributed by atoms with Gasteiger partial charge in [-0.15, -0.1) is 0 Å². The van der Waals surface area contributed by atoms with E-state index in [1.54, 1.807) is 0 Å². The molecule has 19 heavy (non-hydrogen) atoms. The van der Waals surface area contributed by atoms with E-state index in [9.17, 15) is 0 Å². The van der Waals surface area contributed by atoms with Crippen molar-refractivity contribution in [1.82, 2.24) is 0 Å². The third kappa shape index (κ3) is 2.15. The van der Waals surface area contributed by atoms with Gasteiger partial charge >= 0.3 is 7.12 Å². The average Bonchev–Trinajstić information content (AvgIpc) is 2.79. The Bertz CT molecular complexity index is 515. The van der Waals surface area contributed by atoms with E-state index >= 15 is 0 Å². The normalized spacial score (nSPS) is 25.9. The first-order valence-corrected chi connectivity index (χ1v) is 7.04. The molecule has 0 amide bonds. The Morgan fingerprint density at radius 1 is 1.00 bits per heavy atom. The lowest BCUT2D eigenvalue weighted by Crippen LogP contribution is -2.41. The Morgan fingerprint density at radius 3 is 2.32 bits per heavy atom. The number of allylic oxidation sites excluding steroid dienone is 1. The molecule has 0 spiro atoms. The van der Waals surface area contributed by atoms with Crippen molar-refractivity contribution in [2.75, 3.05) is 0 Å². The van der Waals surface area contributed by atoms with Crippen LogP contribution in [0.25, 0.3) is 5.57 Å². The summed E-state index contributed by atoms with van der Waals surface area (Å²) in [4.78, 5) is 0. The van der Waals surface area contributed by atoms with Gasteiger partial charge in [0.05, 0.1) is 11.2 Å². The maximum Gasteiger partial charge on any atom is 0.487 e. The third-order valence-corrected chi connectivity index (χ3v) is 4.64. The van der Waals surface area contributed by atoms with E-state index in [-0.39, 0.29) is 18.3 Å². The predicted molar refractivity (Wildman–Crippen MR) is 78.8 cm³/mol. The molecule has 0 radical (unpaired) electrons. The zero-order valence-electron chi connectivity index (χ0n) is 12.2.